The summed E-state index contributed by atoms with van der Waals surface area (Å²) in [7, 11) is 0. The highest BCUT2D eigenvalue weighted by Crippen LogP contribution is 2.33. The second-order valence-electron chi connectivity index (χ2n) is 5.49. The summed E-state index contributed by atoms with van der Waals surface area (Å²) in [5, 5.41) is 4.10. The summed E-state index contributed by atoms with van der Waals surface area (Å²) in [6, 6.07) is 0. The van der Waals surface area contributed by atoms with Gasteiger partial charge in [-0.25, -0.2) is 9.97 Å². The van der Waals surface area contributed by atoms with Crippen LogP contribution in [0.3, 0.4) is 0 Å². The molecule has 0 radical (unpaired) electrons. The average Bonchev–Trinajstić information content (AvgIpc) is 2.47. The Kier molecular flexibility index (Phi) is 5.52. The monoisotopic (exact) mass is 294 g/mol. The third-order valence-corrected chi connectivity index (χ3v) is 5.05. The largest absolute Gasteiger partial charge is 0.370 e. The van der Waals surface area contributed by atoms with Crippen molar-refractivity contribution >= 4 is 23.4 Å². The molecule has 112 valence electrons. The van der Waals surface area contributed by atoms with Crippen molar-refractivity contribution in [1.29, 1.82) is 0 Å². The van der Waals surface area contributed by atoms with Gasteiger partial charge in [0.1, 0.15) is 18.0 Å². The Morgan fingerprint density at radius 1 is 1.40 bits per heavy atom. The molecule has 0 spiro atoms. The molecule has 1 saturated heterocycles. The lowest BCUT2D eigenvalue weighted by molar-refractivity contribution is 0.707. The normalized spacial score (nSPS) is 19.4. The SMILES string of the molecule is CCNc1ncnc(N2CCSC(CC)C2)c1C(C)C. The van der Waals surface area contributed by atoms with Crippen molar-refractivity contribution in [1.82, 2.24) is 9.97 Å². The summed E-state index contributed by atoms with van der Waals surface area (Å²) >= 11 is 2.09. The highest BCUT2D eigenvalue weighted by atomic mass is 32.2. The van der Waals surface area contributed by atoms with Crippen molar-refractivity contribution in [3.05, 3.63) is 11.9 Å². The Bertz CT molecular complexity index is 436. The first-order chi connectivity index (χ1) is 9.67. The molecule has 1 N–H and O–H groups in total. The maximum Gasteiger partial charge on any atom is 0.137 e. The van der Waals surface area contributed by atoms with E-state index in [2.05, 4.69) is 59.6 Å². The van der Waals surface area contributed by atoms with Gasteiger partial charge >= 0.3 is 0 Å². The molecule has 0 saturated carbocycles. The van der Waals surface area contributed by atoms with Gasteiger partial charge in [-0.1, -0.05) is 20.8 Å². The van der Waals surface area contributed by atoms with E-state index in [1.807, 2.05) is 0 Å². The molecule has 1 aromatic rings. The Morgan fingerprint density at radius 2 is 2.20 bits per heavy atom. The first kappa shape index (κ1) is 15.4. The highest BCUT2D eigenvalue weighted by molar-refractivity contribution is 8.00. The zero-order chi connectivity index (χ0) is 14.5. The van der Waals surface area contributed by atoms with Crippen LogP contribution in [-0.2, 0) is 0 Å². The Morgan fingerprint density at radius 3 is 2.85 bits per heavy atom. The number of anilines is 2. The van der Waals surface area contributed by atoms with Crippen molar-refractivity contribution in [3.63, 3.8) is 0 Å². The fourth-order valence-electron chi connectivity index (χ4n) is 2.64. The molecular weight excluding hydrogens is 268 g/mol. The topological polar surface area (TPSA) is 41.1 Å². The summed E-state index contributed by atoms with van der Waals surface area (Å²) < 4.78 is 0. The van der Waals surface area contributed by atoms with Gasteiger partial charge in [0.05, 0.1) is 0 Å². The molecule has 1 aromatic heterocycles. The van der Waals surface area contributed by atoms with Gasteiger partial charge in [-0.2, -0.15) is 11.8 Å². The van der Waals surface area contributed by atoms with E-state index in [9.17, 15) is 0 Å². The third-order valence-electron chi connectivity index (χ3n) is 3.68. The lowest BCUT2D eigenvalue weighted by Gasteiger charge is -2.34. The summed E-state index contributed by atoms with van der Waals surface area (Å²) in [5.74, 6) is 3.75. The number of thioether (sulfide) groups is 1. The second-order valence-corrected chi connectivity index (χ2v) is 6.90. The first-order valence-corrected chi connectivity index (χ1v) is 8.67. The molecule has 2 rings (SSSR count). The predicted molar refractivity (Wildman–Crippen MR) is 89.0 cm³/mol. The Labute approximate surface area is 126 Å². The molecule has 0 aliphatic carbocycles. The van der Waals surface area contributed by atoms with Crippen LogP contribution in [0, 0.1) is 0 Å². The molecule has 2 heterocycles. The molecule has 0 amide bonds. The van der Waals surface area contributed by atoms with Crippen LogP contribution in [0.2, 0.25) is 0 Å². The number of hydrogen-bond donors (Lipinski definition) is 1. The zero-order valence-electron chi connectivity index (χ0n) is 13.0. The zero-order valence-corrected chi connectivity index (χ0v) is 13.8. The van der Waals surface area contributed by atoms with Gasteiger partial charge in [0.25, 0.3) is 0 Å². The Hall–Kier alpha value is -0.970. The first-order valence-electron chi connectivity index (χ1n) is 7.62. The minimum Gasteiger partial charge on any atom is -0.370 e. The lowest BCUT2D eigenvalue weighted by atomic mass is 10.0. The standard InChI is InChI=1S/C15H26N4S/c1-5-12-9-19(7-8-20-12)15-13(11(3)4)14(16-6-2)17-10-18-15/h10-12H,5-9H2,1-4H3,(H,16,17,18). The van der Waals surface area contributed by atoms with E-state index < -0.39 is 0 Å². The van der Waals surface area contributed by atoms with E-state index in [1.165, 1.54) is 17.7 Å². The number of rotatable bonds is 5. The van der Waals surface area contributed by atoms with Crippen molar-refractivity contribution in [2.75, 3.05) is 35.6 Å². The van der Waals surface area contributed by atoms with Crippen LogP contribution in [0.4, 0.5) is 11.6 Å². The summed E-state index contributed by atoms with van der Waals surface area (Å²) in [5.41, 5.74) is 1.26. The minimum atomic E-state index is 0.426. The number of hydrogen-bond acceptors (Lipinski definition) is 5. The fourth-order valence-corrected chi connectivity index (χ4v) is 3.82. The van der Waals surface area contributed by atoms with Gasteiger partial charge in [0.2, 0.25) is 0 Å². The highest BCUT2D eigenvalue weighted by Gasteiger charge is 2.24. The van der Waals surface area contributed by atoms with E-state index in [0.29, 0.717) is 5.92 Å². The third kappa shape index (κ3) is 3.37. The van der Waals surface area contributed by atoms with Crippen LogP contribution in [0.15, 0.2) is 6.33 Å². The second kappa shape index (κ2) is 7.16. The predicted octanol–water partition coefficient (Wildman–Crippen LogP) is 3.36. The minimum absolute atomic E-state index is 0.426. The number of nitrogens with one attached hydrogen (secondary N) is 1. The maximum absolute atomic E-state index is 4.60. The smallest absolute Gasteiger partial charge is 0.137 e. The van der Waals surface area contributed by atoms with Crippen LogP contribution in [0.25, 0.3) is 0 Å². The van der Waals surface area contributed by atoms with Gasteiger partial charge < -0.3 is 10.2 Å². The molecule has 1 aliphatic heterocycles. The molecular formula is C15H26N4S. The molecule has 1 unspecified atom stereocenters. The van der Waals surface area contributed by atoms with Gasteiger partial charge in [0, 0.05) is 36.2 Å². The molecule has 0 bridgehead atoms. The summed E-state index contributed by atoms with van der Waals surface area (Å²) in [6.45, 7) is 11.9. The van der Waals surface area contributed by atoms with Gasteiger partial charge in [-0.15, -0.1) is 0 Å². The van der Waals surface area contributed by atoms with Crippen LogP contribution >= 0.6 is 11.8 Å². The van der Waals surface area contributed by atoms with E-state index in [1.54, 1.807) is 6.33 Å². The van der Waals surface area contributed by atoms with Gasteiger partial charge in [-0.3, -0.25) is 0 Å². The number of aromatic nitrogens is 2. The molecule has 0 aromatic carbocycles. The maximum atomic E-state index is 4.60. The molecule has 5 heteroatoms. The van der Waals surface area contributed by atoms with Crippen LogP contribution < -0.4 is 10.2 Å². The number of nitrogens with zero attached hydrogens (tertiary/aromatic N) is 3. The van der Waals surface area contributed by atoms with Gasteiger partial charge in [0.15, 0.2) is 0 Å². The average molecular weight is 294 g/mol. The van der Waals surface area contributed by atoms with Crippen LogP contribution in [0.1, 0.15) is 45.6 Å². The molecule has 4 nitrogen and oxygen atoms in total. The van der Waals surface area contributed by atoms with Crippen molar-refractivity contribution in [3.8, 4) is 0 Å². The van der Waals surface area contributed by atoms with E-state index in [4.69, 9.17) is 0 Å². The van der Waals surface area contributed by atoms with Crippen LogP contribution in [-0.4, -0.2) is 40.6 Å². The van der Waals surface area contributed by atoms with E-state index in [-0.39, 0.29) is 0 Å². The van der Waals surface area contributed by atoms with Crippen molar-refractivity contribution in [2.45, 2.75) is 45.3 Å². The van der Waals surface area contributed by atoms with Gasteiger partial charge in [-0.05, 0) is 19.3 Å². The quantitative estimate of drug-likeness (QED) is 0.902. The van der Waals surface area contributed by atoms with E-state index in [0.717, 1.165) is 36.5 Å². The van der Waals surface area contributed by atoms with Crippen LogP contribution in [0.5, 0.6) is 0 Å². The van der Waals surface area contributed by atoms with Crippen molar-refractivity contribution in [2.24, 2.45) is 0 Å². The molecule has 1 fully saturated rings. The summed E-state index contributed by atoms with van der Waals surface area (Å²) in [4.78, 5) is 11.5. The molecule has 20 heavy (non-hydrogen) atoms. The fraction of sp³-hybridized carbons (Fsp3) is 0.733. The molecule has 1 atom stereocenters. The Balaban J connectivity index is 2.32. The lowest BCUT2D eigenvalue weighted by Crippen LogP contribution is -2.39. The van der Waals surface area contributed by atoms with Crippen molar-refractivity contribution < 1.29 is 0 Å². The van der Waals surface area contributed by atoms with E-state index >= 15 is 0 Å². The summed E-state index contributed by atoms with van der Waals surface area (Å²) in [6.07, 6.45) is 2.92. The molecule has 1 aliphatic rings.